The molecule has 0 aliphatic heterocycles. The fourth-order valence-corrected chi connectivity index (χ4v) is 4.27. The summed E-state index contributed by atoms with van der Waals surface area (Å²) in [7, 11) is -3.60. The molecule has 0 radical (unpaired) electrons. The van der Waals surface area contributed by atoms with E-state index in [0.717, 1.165) is 25.7 Å². The summed E-state index contributed by atoms with van der Waals surface area (Å²) in [6.07, 6.45) is 3.19. The lowest BCUT2D eigenvalue weighted by Crippen LogP contribution is -2.40. The first kappa shape index (κ1) is 19.0. The summed E-state index contributed by atoms with van der Waals surface area (Å²) < 4.78 is 27.4. The molecule has 0 unspecified atom stereocenters. The van der Waals surface area contributed by atoms with Crippen LogP contribution in [0.3, 0.4) is 0 Å². The fourth-order valence-electron chi connectivity index (χ4n) is 2.30. The second kappa shape index (κ2) is 7.49. The molecule has 0 bridgehead atoms. The van der Waals surface area contributed by atoms with Crippen LogP contribution in [0.5, 0.6) is 0 Å². The molecule has 1 saturated carbocycles. The van der Waals surface area contributed by atoms with Gasteiger partial charge in [0.05, 0.1) is 4.90 Å². The SMILES string of the molecule is Cc1c(Cl)cc(S(=O)(=O)NC2CCC(N)CC2)cc1Cl.Cl. The number of rotatable bonds is 3. The van der Waals surface area contributed by atoms with E-state index in [4.69, 9.17) is 28.9 Å². The highest BCUT2D eigenvalue weighted by atomic mass is 35.5. The Kier molecular flexibility index (Phi) is 6.78. The van der Waals surface area contributed by atoms with Crippen LogP contribution in [0, 0.1) is 6.92 Å². The molecule has 0 atom stereocenters. The highest BCUT2D eigenvalue weighted by molar-refractivity contribution is 7.89. The van der Waals surface area contributed by atoms with Gasteiger partial charge in [-0.3, -0.25) is 0 Å². The van der Waals surface area contributed by atoms with Crippen LogP contribution in [-0.4, -0.2) is 20.5 Å². The van der Waals surface area contributed by atoms with Gasteiger partial charge in [0.2, 0.25) is 10.0 Å². The quantitative estimate of drug-likeness (QED) is 0.854. The van der Waals surface area contributed by atoms with Crippen molar-refractivity contribution in [1.82, 2.24) is 4.72 Å². The molecule has 1 fully saturated rings. The zero-order valence-electron chi connectivity index (χ0n) is 11.6. The van der Waals surface area contributed by atoms with Gasteiger partial charge in [-0.2, -0.15) is 0 Å². The summed E-state index contributed by atoms with van der Waals surface area (Å²) in [6, 6.07) is 2.97. The molecule has 120 valence electrons. The van der Waals surface area contributed by atoms with Crippen molar-refractivity contribution in [3.05, 3.63) is 27.7 Å². The predicted octanol–water partition coefficient (Wildman–Crippen LogP) is 3.27. The molecular weight excluding hydrogens is 355 g/mol. The molecule has 0 spiro atoms. The van der Waals surface area contributed by atoms with E-state index < -0.39 is 10.0 Å². The van der Waals surface area contributed by atoms with Crippen LogP contribution < -0.4 is 10.5 Å². The minimum absolute atomic E-state index is 0. The van der Waals surface area contributed by atoms with E-state index in [2.05, 4.69) is 4.72 Å². The topological polar surface area (TPSA) is 72.2 Å². The Balaban J connectivity index is 0.00000220. The first-order valence-electron chi connectivity index (χ1n) is 6.53. The standard InChI is InChI=1S/C13H18Cl2N2O2S.ClH/c1-8-12(14)6-11(7-13(8)15)20(18,19)17-10-4-2-9(16)3-5-10;/h6-7,9-10,17H,2-5,16H2,1H3;1H. The minimum Gasteiger partial charge on any atom is -0.328 e. The summed E-state index contributed by atoms with van der Waals surface area (Å²) in [5, 5.41) is 0.701. The number of hydrogen-bond donors (Lipinski definition) is 2. The lowest BCUT2D eigenvalue weighted by atomic mass is 9.93. The van der Waals surface area contributed by atoms with Gasteiger partial charge in [-0.25, -0.2) is 13.1 Å². The average molecular weight is 374 g/mol. The van der Waals surface area contributed by atoms with Crippen LogP contribution in [0.15, 0.2) is 17.0 Å². The molecular formula is C13H19Cl3N2O2S. The van der Waals surface area contributed by atoms with Gasteiger partial charge < -0.3 is 5.73 Å². The Morgan fingerprint density at radius 2 is 1.62 bits per heavy atom. The molecule has 3 N–H and O–H groups in total. The zero-order valence-corrected chi connectivity index (χ0v) is 14.7. The van der Waals surface area contributed by atoms with Gasteiger partial charge in [0.15, 0.2) is 0 Å². The van der Waals surface area contributed by atoms with E-state index in [0.29, 0.717) is 15.6 Å². The molecule has 0 heterocycles. The van der Waals surface area contributed by atoms with E-state index in [1.54, 1.807) is 6.92 Å². The number of hydrogen-bond acceptors (Lipinski definition) is 3. The van der Waals surface area contributed by atoms with Crippen molar-refractivity contribution in [2.75, 3.05) is 0 Å². The largest absolute Gasteiger partial charge is 0.328 e. The lowest BCUT2D eigenvalue weighted by molar-refractivity contribution is 0.373. The number of nitrogens with one attached hydrogen (secondary N) is 1. The minimum atomic E-state index is -3.60. The number of nitrogens with two attached hydrogens (primary N) is 1. The summed E-state index contributed by atoms with van der Waals surface area (Å²) in [4.78, 5) is 0.105. The molecule has 2 rings (SSSR count). The summed E-state index contributed by atoms with van der Waals surface area (Å²) >= 11 is 12.0. The summed E-state index contributed by atoms with van der Waals surface area (Å²) in [5.41, 5.74) is 6.49. The average Bonchev–Trinajstić information content (AvgIpc) is 2.38. The Hall–Kier alpha value is -0.0400. The lowest BCUT2D eigenvalue weighted by Gasteiger charge is -2.26. The Morgan fingerprint density at radius 3 is 2.10 bits per heavy atom. The van der Waals surface area contributed by atoms with Gasteiger partial charge in [-0.15, -0.1) is 12.4 Å². The smallest absolute Gasteiger partial charge is 0.240 e. The second-order valence-electron chi connectivity index (χ2n) is 5.24. The van der Waals surface area contributed by atoms with Gasteiger partial charge in [0.25, 0.3) is 0 Å². The maximum atomic E-state index is 12.3. The number of benzene rings is 1. The van der Waals surface area contributed by atoms with Crippen LogP contribution in [0.2, 0.25) is 10.0 Å². The van der Waals surface area contributed by atoms with Crippen molar-refractivity contribution < 1.29 is 8.42 Å². The first-order chi connectivity index (χ1) is 9.29. The molecule has 1 aromatic rings. The van der Waals surface area contributed by atoms with E-state index in [1.807, 2.05) is 0 Å². The van der Waals surface area contributed by atoms with Gasteiger partial charge in [-0.1, -0.05) is 23.2 Å². The first-order valence-corrected chi connectivity index (χ1v) is 8.77. The van der Waals surface area contributed by atoms with Crippen molar-refractivity contribution in [2.24, 2.45) is 5.73 Å². The highest BCUT2D eigenvalue weighted by Crippen LogP contribution is 2.28. The van der Waals surface area contributed by atoms with E-state index in [-0.39, 0.29) is 29.4 Å². The molecule has 8 heteroatoms. The maximum Gasteiger partial charge on any atom is 0.240 e. The van der Waals surface area contributed by atoms with Crippen molar-refractivity contribution >= 4 is 45.6 Å². The van der Waals surface area contributed by atoms with Crippen molar-refractivity contribution in [2.45, 2.75) is 49.6 Å². The number of halogens is 3. The molecule has 4 nitrogen and oxygen atoms in total. The summed E-state index contributed by atoms with van der Waals surface area (Å²) in [6.45, 7) is 1.75. The Labute approximate surface area is 141 Å². The van der Waals surface area contributed by atoms with Crippen LogP contribution in [0.4, 0.5) is 0 Å². The van der Waals surface area contributed by atoms with E-state index in [9.17, 15) is 8.42 Å². The Morgan fingerprint density at radius 1 is 1.14 bits per heavy atom. The third-order valence-electron chi connectivity index (χ3n) is 3.66. The monoisotopic (exact) mass is 372 g/mol. The van der Waals surface area contributed by atoms with E-state index >= 15 is 0 Å². The summed E-state index contributed by atoms with van der Waals surface area (Å²) in [5.74, 6) is 0. The zero-order chi connectivity index (χ0) is 14.9. The van der Waals surface area contributed by atoms with Gasteiger partial charge >= 0.3 is 0 Å². The molecule has 0 saturated heterocycles. The molecule has 0 amide bonds. The van der Waals surface area contributed by atoms with Crippen molar-refractivity contribution in [3.8, 4) is 0 Å². The third kappa shape index (κ3) is 4.71. The third-order valence-corrected chi connectivity index (χ3v) is 5.94. The normalized spacial score (nSPS) is 22.7. The van der Waals surface area contributed by atoms with Crippen molar-refractivity contribution in [3.63, 3.8) is 0 Å². The molecule has 1 aliphatic carbocycles. The van der Waals surface area contributed by atoms with Crippen molar-refractivity contribution in [1.29, 1.82) is 0 Å². The molecule has 0 aromatic heterocycles. The van der Waals surface area contributed by atoms with Gasteiger partial charge in [0.1, 0.15) is 0 Å². The predicted molar refractivity (Wildman–Crippen MR) is 89.0 cm³/mol. The van der Waals surface area contributed by atoms with Gasteiger partial charge in [-0.05, 0) is 50.3 Å². The number of sulfonamides is 1. The Bertz CT molecular complexity index is 576. The fraction of sp³-hybridized carbons (Fsp3) is 0.538. The van der Waals surface area contributed by atoms with Crippen LogP contribution in [0.25, 0.3) is 0 Å². The molecule has 1 aromatic carbocycles. The maximum absolute atomic E-state index is 12.3. The highest BCUT2D eigenvalue weighted by Gasteiger charge is 2.25. The van der Waals surface area contributed by atoms with Gasteiger partial charge in [0, 0.05) is 22.1 Å². The second-order valence-corrected chi connectivity index (χ2v) is 7.77. The van der Waals surface area contributed by atoms with Crippen LogP contribution in [-0.2, 0) is 10.0 Å². The van der Waals surface area contributed by atoms with E-state index in [1.165, 1.54) is 12.1 Å². The van der Waals surface area contributed by atoms with Crippen LogP contribution in [0.1, 0.15) is 31.2 Å². The molecule has 1 aliphatic rings. The molecule has 21 heavy (non-hydrogen) atoms. The van der Waals surface area contributed by atoms with Crippen LogP contribution >= 0.6 is 35.6 Å².